The molecule has 0 atom stereocenters. The lowest BCUT2D eigenvalue weighted by Crippen LogP contribution is -2.48. The van der Waals surface area contributed by atoms with Crippen molar-refractivity contribution in [2.45, 2.75) is 25.0 Å². The molecular weight excluding hydrogens is 313 g/mol. The molecule has 0 spiro atoms. The minimum atomic E-state index is -0.673. The third-order valence-corrected chi connectivity index (χ3v) is 4.17. The predicted octanol–water partition coefficient (Wildman–Crippen LogP) is 1.53. The van der Waals surface area contributed by atoms with E-state index in [-0.39, 0.29) is 10.4 Å². The Balaban J connectivity index is 1.85. The van der Waals surface area contributed by atoms with Crippen molar-refractivity contribution < 1.29 is 9.50 Å². The molecule has 19 heavy (non-hydrogen) atoms. The molecule has 106 valence electrons. The first-order valence-electron chi connectivity index (χ1n) is 6.41. The molecule has 1 aromatic heterocycles. The summed E-state index contributed by atoms with van der Waals surface area (Å²) in [5.41, 5.74) is -0.119. The molecule has 1 aromatic rings. The van der Waals surface area contributed by atoms with Crippen molar-refractivity contribution in [2.75, 3.05) is 26.7 Å². The third kappa shape index (κ3) is 3.95. The highest BCUT2D eigenvalue weighted by Gasteiger charge is 2.30. The Hall–Kier alpha value is -0.560. The Labute approximate surface area is 121 Å². The fourth-order valence-electron chi connectivity index (χ4n) is 2.23. The Bertz CT molecular complexity index is 436. The molecule has 6 heteroatoms. The maximum atomic E-state index is 13.7. The monoisotopic (exact) mass is 331 g/mol. The molecule has 2 heterocycles. The second-order valence-electron chi connectivity index (χ2n) is 5.21. The second kappa shape index (κ2) is 6.26. The number of pyridine rings is 1. The van der Waals surface area contributed by atoms with Crippen molar-refractivity contribution in [1.82, 2.24) is 15.2 Å². The van der Waals surface area contributed by atoms with Crippen molar-refractivity contribution in [3.05, 3.63) is 28.2 Å². The van der Waals surface area contributed by atoms with Crippen LogP contribution in [0.2, 0.25) is 0 Å². The quantitative estimate of drug-likeness (QED) is 0.821. The van der Waals surface area contributed by atoms with Crippen molar-refractivity contribution in [2.24, 2.45) is 0 Å². The molecule has 1 saturated heterocycles. The summed E-state index contributed by atoms with van der Waals surface area (Å²) >= 11 is 3.06. The summed E-state index contributed by atoms with van der Waals surface area (Å²) in [5, 5.41) is 13.5. The van der Waals surface area contributed by atoms with Crippen LogP contribution in [0.3, 0.4) is 0 Å². The number of hydrogen-bond donors (Lipinski definition) is 2. The molecular formula is C13H19BrFN3O. The van der Waals surface area contributed by atoms with Gasteiger partial charge in [-0.05, 0) is 41.9 Å². The van der Waals surface area contributed by atoms with Crippen molar-refractivity contribution >= 4 is 15.9 Å². The lowest BCUT2D eigenvalue weighted by molar-refractivity contribution is -0.0146. The first kappa shape index (κ1) is 14.8. The predicted molar refractivity (Wildman–Crippen MR) is 75.3 cm³/mol. The van der Waals surface area contributed by atoms with Gasteiger partial charge in [-0.25, -0.2) is 9.37 Å². The van der Waals surface area contributed by atoms with Gasteiger partial charge in [0, 0.05) is 37.9 Å². The highest BCUT2D eigenvalue weighted by atomic mass is 79.9. The maximum Gasteiger partial charge on any atom is 0.160 e. The van der Waals surface area contributed by atoms with E-state index in [2.05, 4.69) is 38.2 Å². The highest BCUT2D eigenvalue weighted by Crippen LogP contribution is 2.21. The van der Waals surface area contributed by atoms with Crippen LogP contribution in [0.4, 0.5) is 4.39 Å². The van der Waals surface area contributed by atoms with Crippen LogP contribution < -0.4 is 5.32 Å². The first-order valence-corrected chi connectivity index (χ1v) is 7.20. The Kier molecular flexibility index (Phi) is 4.89. The lowest BCUT2D eigenvalue weighted by Gasteiger charge is -2.36. The highest BCUT2D eigenvalue weighted by molar-refractivity contribution is 9.10. The van der Waals surface area contributed by atoms with E-state index in [9.17, 15) is 9.50 Å². The number of hydrogen-bond acceptors (Lipinski definition) is 4. The normalized spacial score (nSPS) is 19.6. The molecule has 1 aliphatic heterocycles. The van der Waals surface area contributed by atoms with Crippen LogP contribution in [-0.2, 0) is 6.54 Å². The van der Waals surface area contributed by atoms with E-state index in [1.165, 1.54) is 0 Å². The van der Waals surface area contributed by atoms with Crippen molar-refractivity contribution in [1.29, 1.82) is 0 Å². The molecule has 0 amide bonds. The Morgan fingerprint density at radius 2 is 2.21 bits per heavy atom. The number of halogens is 2. The van der Waals surface area contributed by atoms with Crippen LogP contribution in [-0.4, -0.2) is 47.3 Å². The topological polar surface area (TPSA) is 48.4 Å². The van der Waals surface area contributed by atoms with E-state index in [1.54, 1.807) is 12.3 Å². The number of nitrogens with zero attached hydrogens (tertiary/aromatic N) is 2. The SMILES string of the molecule is CN1CCC(O)(CNCc2ccnc(Br)c2F)CC1. The van der Waals surface area contributed by atoms with Gasteiger partial charge in [0.2, 0.25) is 0 Å². The van der Waals surface area contributed by atoms with Gasteiger partial charge in [-0.1, -0.05) is 0 Å². The average molecular weight is 332 g/mol. The number of likely N-dealkylation sites (tertiary alicyclic amines) is 1. The summed E-state index contributed by atoms with van der Waals surface area (Å²) in [6.45, 7) is 2.67. The van der Waals surface area contributed by atoms with Gasteiger partial charge < -0.3 is 15.3 Å². The minimum Gasteiger partial charge on any atom is -0.388 e. The summed E-state index contributed by atoms with van der Waals surface area (Å²) in [6.07, 6.45) is 3.06. The zero-order valence-corrected chi connectivity index (χ0v) is 12.6. The van der Waals surface area contributed by atoms with Crippen LogP contribution in [0.5, 0.6) is 0 Å². The number of aromatic nitrogens is 1. The minimum absolute atomic E-state index is 0.227. The van der Waals surface area contributed by atoms with Crippen molar-refractivity contribution in [3.8, 4) is 0 Å². The van der Waals surface area contributed by atoms with Crippen LogP contribution >= 0.6 is 15.9 Å². The summed E-state index contributed by atoms with van der Waals surface area (Å²) < 4.78 is 13.9. The van der Waals surface area contributed by atoms with Gasteiger partial charge in [-0.3, -0.25) is 0 Å². The van der Waals surface area contributed by atoms with Gasteiger partial charge in [-0.2, -0.15) is 0 Å². The van der Waals surface area contributed by atoms with E-state index >= 15 is 0 Å². The van der Waals surface area contributed by atoms with Gasteiger partial charge in [0.15, 0.2) is 5.82 Å². The van der Waals surface area contributed by atoms with E-state index in [4.69, 9.17) is 0 Å². The average Bonchev–Trinajstić information content (AvgIpc) is 2.39. The lowest BCUT2D eigenvalue weighted by atomic mass is 9.91. The first-order chi connectivity index (χ1) is 9.00. The Morgan fingerprint density at radius 1 is 1.53 bits per heavy atom. The zero-order valence-electron chi connectivity index (χ0n) is 11.0. The van der Waals surface area contributed by atoms with E-state index in [0.717, 1.165) is 25.9 Å². The molecule has 0 aliphatic carbocycles. The maximum absolute atomic E-state index is 13.7. The molecule has 0 unspecified atom stereocenters. The molecule has 1 aliphatic rings. The third-order valence-electron chi connectivity index (χ3n) is 3.61. The molecule has 0 radical (unpaired) electrons. The van der Waals surface area contributed by atoms with Crippen LogP contribution in [0.1, 0.15) is 18.4 Å². The van der Waals surface area contributed by atoms with Gasteiger partial charge in [0.25, 0.3) is 0 Å². The van der Waals surface area contributed by atoms with E-state index < -0.39 is 5.60 Å². The largest absolute Gasteiger partial charge is 0.388 e. The molecule has 0 saturated carbocycles. The summed E-state index contributed by atoms with van der Waals surface area (Å²) in [7, 11) is 2.05. The molecule has 0 aromatic carbocycles. The van der Waals surface area contributed by atoms with Crippen LogP contribution in [0.15, 0.2) is 16.9 Å². The zero-order chi connectivity index (χ0) is 13.9. The number of rotatable bonds is 4. The fraction of sp³-hybridized carbons (Fsp3) is 0.615. The molecule has 2 rings (SSSR count). The van der Waals surface area contributed by atoms with Crippen LogP contribution in [0, 0.1) is 5.82 Å². The summed E-state index contributed by atoms with van der Waals surface area (Å²) in [4.78, 5) is 6.02. The summed E-state index contributed by atoms with van der Waals surface area (Å²) in [5.74, 6) is -0.342. The fourth-order valence-corrected chi connectivity index (χ4v) is 2.61. The van der Waals surface area contributed by atoms with Gasteiger partial charge in [0.05, 0.1) is 5.60 Å². The van der Waals surface area contributed by atoms with Gasteiger partial charge in [-0.15, -0.1) is 0 Å². The van der Waals surface area contributed by atoms with E-state index in [0.29, 0.717) is 18.7 Å². The molecule has 4 nitrogen and oxygen atoms in total. The Morgan fingerprint density at radius 3 is 2.89 bits per heavy atom. The number of nitrogens with one attached hydrogen (secondary N) is 1. The standard InChI is InChI=1S/C13H19BrFN3O/c1-18-6-3-13(19,4-7-18)9-16-8-10-2-5-17-12(14)11(10)15/h2,5,16,19H,3-4,6-9H2,1H3. The summed E-state index contributed by atoms with van der Waals surface area (Å²) in [6, 6.07) is 1.64. The smallest absolute Gasteiger partial charge is 0.160 e. The number of aliphatic hydroxyl groups is 1. The van der Waals surface area contributed by atoms with Gasteiger partial charge in [0.1, 0.15) is 4.60 Å². The van der Waals surface area contributed by atoms with Gasteiger partial charge >= 0.3 is 0 Å². The van der Waals surface area contributed by atoms with E-state index in [1.807, 2.05) is 0 Å². The van der Waals surface area contributed by atoms with Crippen molar-refractivity contribution in [3.63, 3.8) is 0 Å². The van der Waals surface area contributed by atoms with Crippen LogP contribution in [0.25, 0.3) is 0 Å². The number of piperidine rings is 1. The molecule has 2 N–H and O–H groups in total. The molecule has 0 bridgehead atoms. The molecule has 1 fully saturated rings. The second-order valence-corrected chi connectivity index (χ2v) is 5.96.